The van der Waals surface area contributed by atoms with Crippen LogP contribution in [0.25, 0.3) is 45.3 Å². The van der Waals surface area contributed by atoms with Crippen molar-refractivity contribution in [1.82, 2.24) is 15.0 Å². The van der Waals surface area contributed by atoms with E-state index < -0.39 is 7.92 Å². The van der Waals surface area contributed by atoms with Gasteiger partial charge in [-0.2, -0.15) is 0 Å². The molecule has 0 radical (unpaired) electrons. The Kier molecular flexibility index (Phi) is 8.49. The molecule has 0 N–H and O–H groups in total. The monoisotopic (exact) mass is 637 g/mol. The van der Waals surface area contributed by atoms with Crippen LogP contribution in [0, 0.1) is 0 Å². The third-order valence-corrected chi connectivity index (χ3v) is 10.3. The quantitative estimate of drug-likeness (QED) is 0.163. The molecule has 0 fully saturated rings. The van der Waals surface area contributed by atoms with E-state index in [9.17, 15) is 0 Å². The van der Waals surface area contributed by atoms with Crippen molar-refractivity contribution in [1.29, 1.82) is 0 Å². The van der Waals surface area contributed by atoms with E-state index in [1.54, 1.807) is 0 Å². The molecule has 0 saturated heterocycles. The van der Waals surface area contributed by atoms with Gasteiger partial charge < -0.3 is 0 Å². The van der Waals surface area contributed by atoms with Crippen molar-refractivity contribution in [3.05, 3.63) is 168 Å². The molecule has 6 heteroatoms. The maximum atomic E-state index is 6.34. The van der Waals surface area contributed by atoms with Gasteiger partial charge in [-0.05, 0) is 71.4 Å². The van der Waals surface area contributed by atoms with Gasteiger partial charge in [-0.1, -0.05) is 145 Å². The van der Waals surface area contributed by atoms with Crippen LogP contribution in [0.4, 0.5) is 0 Å². The minimum absolute atomic E-state index is 0.543. The van der Waals surface area contributed by atoms with Gasteiger partial charge in [0.1, 0.15) is 0 Å². The van der Waals surface area contributed by atoms with Crippen molar-refractivity contribution in [2.45, 2.75) is 0 Å². The number of hydrogen-bond donors (Lipinski definition) is 0. The van der Waals surface area contributed by atoms with Gasteiger partial charge in [0.2, 0.25) is 0 Å². The summed E-state index contributed by atoms with van der Waals surface area (Å²) in [6.07, 6.45) is 0. The summed E-state index contributed by atoms with van der Waals surface area (Å²) in [6, 6.07) is 53.8. The molecule has 0 unspecified atom stereocenters. The van der Waals surface area contributed by atoms with E-state index in [0.717, 1.165) is 27.8 Å². The molecular weight excluding hydrogens is 612 g/mol. The summed E-state index contributed by atoms with van der Waals surface area (Å²) < 4.78 is 0. The zero-order chi connectivity index (χ0) is 30.6. The highest BCUT2D eigenvalue weighted by atomic mass is 35.5. The van der Waals surface area contributed by atoms with Crippen molar-refractivity contribution in [3.63, 3.8) is 0 Å². The topological polar surface area (TPSA) is 38.7 Å². The first kappa shape index (κ1) is 29.1. The molecule has 7 aromatic rings. The van der Waals surface area contributed by atoms with Crippen molar-refractivity contribution in [2.24, 2.45) is 0 Å². The summed E-state index contributed by atoms with van der Waals surface area (Å²) in [4.78, 5) is 14.6. The molecule has 0 aliphatic rings. The molecule has 45 heavy (non-hydrogen) atoms. The first-order valence-electron chi connectivity index (χ1n) is 14.5. The predicted octanol–water partition coefficient (Wildman–Crippen LogP) is 9.60. The van der Waals surface area contributed by atoms with Crippen LogP contribution in [-0.2, 0) is 0 Å². The third-order valence-electron chi connectivity index (χ3n) is 7.39. The lowest BCUT2D eigenvalue weighted by Gasteiger charge is -2.20. The minimum atomic E-state index is -0.724. The smallest absolute Gasteiger partial charge is 0.164 e. The maximum absolute atomic E-state index is 6.34. The summed E-state index contributed by atoms with van der Waals surface area (Å²) in [5.41, 5.74) is 4.73. The van der Waals surface area contributed by atoms with Crippen molar-refractivity contribution < 1.29 is 0 Å². The van der Waals surface area contributed by atoms with Crippen LogP contribution in [0.5, 0.6) is 0 Å². The predicted molar refractivity (Wildman–Crippen MR) is 190 cm³/mol. The molecule has 0 amide bonds. The molecule has 0 spiro atoms. The summed E-state index contributed by atoms with van der Waals surface area (Å²) in [5, 5.41) is 5.16. The van der Waals surface area contributed by atoms with Crippen molar-refractivity contribution >= 4 is 47.0 Å². The zero-order valence-corrected chi connectivity index (χ0v) is 26.5. The normalized spacial score (nSPS) is 11.1. The molecule has 1 aromatic heterocycles. The Balaban J connectivity index is 1.32. The van der Waals surface area contributed by atoms with Gasteiger partial charge in [0, 0.05) is 26.7 Å². The van der Waals surface area contributed by atoms with Crippen molar-refractivity contribution in [2.75, 3.05) is 0 Å². The molecule has 0 bridgehead atoms. The second kappa shape index (κ2) is 13.1. The molecule has 0 aliphatic carbocycles. The summed E-state index contributed by atoms with van der Waals surface area (Å²) in [5.74, 6) is 1.66. The number of halogens is 2. The van der Waals surface area contributed by atoms with Crippen LogP contribution < -0.4 is 15.9 Å². The van der Waals surface area contributed by atoms with Crippen LogP contribution in [0.2, 0.25) is 10.0 Å². The van der Waals surface area contributed by atoms with Crippen LogP contribution >= 0.6 is 31.1 Å². The van der Waals surface area contributed by atoms with Gasteiger partial charge in [-0.3, -0.25) is 0 Å². The van der Waals surface area contributed by atoms with Gasteiger partial charge in [0.25, 0.3) is 0 Å². The molecule has 216 valence electrons. The Morgan fingerprint density at radius 1 is 0.333 bits per heavy atom. The Morgan fingerprint density at radius 2 is 0.711 bits per heavy atom. The number of nitrogens with zero attached hydrogens (tertiary/aromatic N) is 3. The second-order valence-electron chi connectivity index (χ2n) is 10.5. The van der Waals surface area contributed by atoms with E-state index in [0.29, 0.717) is 27.5 Å². The van der Waals surface area contributed by atoms with Gasteiger partial charge in [0.15, 0.2) is 17.5 Å². The zero-order valence-electron chi connectivity index (χ0n) is 24.1. The molecule has 1 heterocycles. The number of benzene rings is 6. The molecule has 6 aromatic carbocycles. The number of aromatic nitrogens is 3. The molecule has 0 atom stereocenters. The average molecular weight is 639 g/mol. The fourth-order valence-corrected chi connectivity index (χ4v) is 8.00. The van der Waals surface area contributed by atoms with Gasteiger partial charge >= 0.3 is 0 Å². The van der Waals surface area contributed by atoms with Gasteiger partial charge in [-0.25, -0.2) is 15.0 Å². The average Bonchev–Trinajstić information content (AvgIpc) is 3.09. The minimum Gasteiger partial charge on any atom is -0.208 e. The highest BCUT2D eigenvalue weighted by molar-refractivity contribution is 7.79. The van der Waals surface area contributed by atoms with Crippen LogP contribution in [0.1, 0.15) is 0 Å². The summed E-state index contributed by atoms with van der Waals surface area (Å²) in [7, 11) is -0.724. The lowest BCUT2D eigenvalue weighted by molar-refractivity contribution is 1.07. The Bertz CT molecular complexity index is 2000. The van der Waals surface area contributed by atoms with E-state index in [1.807, 2.05) is 54.6 Å². The highest BCUT2D eigenvalue weighted by Gasteiger charge is 2.18. The largest absolute Gasteiger partial charge is 0.208 e. The van der Waals surface area contributed by atoms with Crippen LogP contribution in [0.3, 0.4) is 0 Å². The van der Waals surface area contributed by atoms with Crippen LogP contribution in [-0.4, -0.2) is 15.0 Å². The third kappa shape index (κ3) is 6.57. The van der Waals surface area contributed by atoms with Crippen molar-refractivity contribution in [3.8, 4) is 45.3 Å². The number of rotatable bonds is 7. The lowest BCUT2D eigenvalue weighted by atomic mass is 10.0. The fourth-order valence-electron chi connectivity index (χ4n) is 5.28. The standard InChI is InChI=1S/C39H26Cl2N3P/c40-32-16-8-14-30(24-32)38-42-37(43-39(44-38)31-15-9-17-33(41)25-31)29-13-7-11-27(23-29)28-12-10-22-36(26-28)45(34-18-3-1-4-19-34)35-20-5-2-6-21-35/h1-26H. The van der Waals surface area contributed by atoms with Crippen LogP contribution in [0.15, 0.2) is 158 Å². The van der Waals surface area contributed by atoms with E-state index in [-0.39, 0.29) is 0 Å². The second-order valence-corrected chi connectivity index (χ2v) is 13.6. The summed E-state index contributed by atoms with van der Waals surface area (Å²) in [6.45, 7) is 0. The Morgan fingerprint density at radius 3 is 1.20 bits per heavy atom. The van der Waals surface area contributed by atoms with E-state index >= 15 is 0 Å². The first-order valence-corrected chi connectivity index (χ1v) is 16.6. The van der Waals surface area contributed by atoms with E-state index in [2.05, 4.69) is 103 Å². The molecule has 0 aliphatic heterocycles. The molecule has 0 saturated carbocycles. The molecule has 7 rings (SSSR count). The van der Waals surface area contributed by atoms with E-state index in [4.69, 9.17) is 38.2 Å². The van der Waals surface area contributed by atoms with E-state index in [1.165, 1.54) is 15.9 Å². The highest BCUT2D eigenvalue weighted by Crippen LogP contribution is 2.35. The molecular formula is C39H26Cl2N3P. The molecule has 3 nitrogen and oxygen atoms in total. The van der Waals surface area contributed by atoms with Gasteiger partial charge in [-0.15, -0.1) is 0 Å². The summed E-state index contributed by atoms with van der Waals surface area (Å²) >= 11 is 12.7. The SMILES string of the molecule is Clc1cccc(-c2nc(-c3cccc(Cl)c3)nc(-c3cccc(-c4cccc(P(c5ccccc5)c5ccccc5)c4)c3)n2)c1. The number of hydrogen-bond acceptors (Lipinski definition) is 3. The Labute approximate surface area is 274 Å². The lowest BCUT2D eigenvalue weighted by Crippen LogP contribution is -2.20. The Hall–Kier alpha value is -4.66. The fraction of sp³-hybridized carbons (Fsp3) is 0. The van der Waals surface area contributed by atoms with Gasteiger partial charge in [0.05, 0.1) is 0 Å². The maximum Gasteiger partial charge on any atom is 0.164 e. The first-order chi connectivity index (χ1) is 22.1.